The van der Waals surface area contributed by atoms with Crippen molar-refractivity contribution in [3.63, 3.8) is 0 Å². The molecule has 0 saturated heterocycles. The van der Waals surface area contributed by atoms with Gasteiger partial charge in [0.25, 0.3) is 20.2 Å². The molecule has 4 aromatic rings. The number of nitro groups is 1. The van der Waals surface area contributed by atoms with E-state index in [-0.39, 0.29) is 30.8 Å². The van der Waals surface area contributed by atoms with Crippen LogP contribution in [0.2, 0.25) is 3.48 Å². The third-order valence-corrected chi connectivity index (χ3v) is 10.4. The molecule has 0 unspecified atom stereocenters. The first-order chi connectivity index (χ1) is 20.1. The summed E-state index contributed by atoms with van der Waals surface area (Å²) in [5.74, 6) is 0.688. The van der Waals surface area contributed by atoms with E-state index in [0.29, 0.717) is 37.1 Å². The topological polar surface area (TPSA) is 178 Å². The molecule has 2 atom stereocenters. The van der Waals surface area contributed by atoms with Crippen molar-refractivity contribution in [1.29, 1.82) is 0 Å². The van der Waals surface area contributed by atoms with Crippen LogP contribution in [0.5, 0.6) is 5.75 Å². The Balaban J connectivity index is 0.000000195. The third kappa shape index (κ3) is 9.49. The Bertz CT molecular complexity index is 1740. The third-order valence-electron chi connectivity index (χ3n) is 6.11. The van der Waals surface area contributed by atoms with E-state index in [1.54, 1.807) is 48.5 Å². The minimum atomic E-state index is -4.02. The molecular formula is C29H26NO10S2Tl. The van der Waals surface area contributed by atoms with Gasteiger partial charge in [-0.05, 0) is 38.1 Å². The van der Waals surface area contributed by atoms with E-state index < -0.39 is 25.2 Å². The van der Waals surface area contributed by atoms with Crippen LogP contribution in [0.3, 0.4) is 0 Å². The molecule has 2 N–H and O–H groups in total. The number of nitro benzene ring substituents is 1. The summed E-state index contributed by atoms with van der Waals surface area (Å²) in [4.78, 5) is 22.6. The molecule has 0 spiro atoms. The number of Topliss-reactive ketones (excluding diaryl/α,β-unsaturated/α-hetero) is 1. The summed E-state index contributed by atoms with van der Waals surface area (Å²) < 4.78 is 64.9. The second-order valence-electron chi connectivity index (χ2n) is 9.35. The van der Waals surface area contributed by atoms with E-state index in [9.17, 15) is 31.7 Å². The Labute approximate surface area is 264 Å². The predicted molar refractivity (Wildman–Crippen MR) is 159 cm³/mol. The summed E-state index contributed by atoms with van der Waals surface area (Å²) >= 11 is 0.427. The van der Waals surface area contributed by atoms with E-state index in [1.807, 2.05) is 26.0 Å². The molecule has 0 radical (unpaired) electrons. The molecule has 1 aliphatic rings. The second-order valence-corrected chi connectivity index (χ2v) is 15.0. The average molecular weight is 817 g/mol. The van der Waals surface area contributed by atoms with Gasteiger partial charge in [-0.25, -0.2) is 0 Å². The molecule has 0 saturated carbocycles. The standard InChI is InChI=1S/C15H10NO4.2C7H8O3S.Tl/c17-13-9-15(20-14-4-2-1-3-12(13)14)10-5-7-11(8-6-10)16(18)19;2*1-6-2-4-7(5-3-6)11(8,9)10;/h1-9,15H;2*2-5H,1H3,(H,8,9,10);/t15-;;;/m1.../s1. The summed E-state index contributed by atoms with van der Waals surface area (Å²) in [6.07, 6.45) is -0.349. The number of ketones is 1. The first-order valence-corrected chi connectivity index (χ1v) is 17.9. The zero-order valence-electron chi connectivity index (χ0n) is 22.9. The molecule has 4 aromatic carbocycles. The number of non-ortho nitro benzene ring substituents is 1. The minimum absolute atomic E-state index is 0.0358. The quantitative estimate of drug-likeness (QED) is 0.118. The fourth-order valence-electron chi connectivity index (χ4n) is 3.78. The SMILES string of the molecule is Cc1ccc(S(=O)(=O)O)cc1.Cc1ccc(S(=O)(=O)O)cc1.O=C1c2ccccc2O[C@@H](c2ccc([N+](=O)[O-])cc2)[C@@H]1[Tl]. The molecular weight excluding hydrogens is 791 g/mol. The number of para-hydroxylation sites is 1. The van der Waals surface area contributed by atoms with Gasteiger partial charge in [0.15, 0.2) is 0 Å². The molecule has 0 amide bonds. The van der Waals surface area contributed by atoms with Crippen LogP contribution in [0.4, 0.5) is 5.69 Å². The van der Waals surface area contributed by atoms with Crippen LogP contribution < -0.4 is 4.74 Å². The number of aryl methyl sites for hydroxylation is 2. The van der Waals surface area contributed by atoms with Gasteiger partial charge < -0.3 is 0 Å². The Kier molecular flexibility index (Phi) is 11.3. The zero-order valence-corrected chi connectivity index (χ0v) is 29.0. The van der Waals surface area contributed by atoms with Crippen LogP contribution >= 0.6 is 0 Å². The maximum atomic E-state index is 12.4. The molecule has 0 bridgehead atoms. The van der Waals surface area contributed by atoms with E-state index in [0.717, 1.165) is 16.7 Å². The van der Waals surface area contributed by atoms with Gasteiger partial charge >= 0.3 is 137 Å². The van der Waals surface area contributed by atoms with Gasteiger partial charge in [0.1, 0.15) is 0 Å². The number of rotatable bonds is 4. The summed E-state index contributed by atoms with van der Waals surface area (Å²) in [6, 6.07) is 25.4. The van der Waals surface area contributed by atoms with Crippen LogP contribution in [0, 0.1) is 24.0 Å². The van der Waals surface area contributed by atoms with Gasteiger partial charge in [-0.1, -0.05) is 35.4 Å². The first kappa shape index (κ1) is 34.0. The van der Waals surface area contributed by atoms with Gasteiger partial charge in [0, 0.05) is 0 Å². The molecule has 43 heavy (non-hydrogen) atoms. The number of carbonyl (C=O) groups is 1. The molecule has 1 heterocycles. The molecule has 222 valence electrons. The molecule has 11 nitrogen and oxygen atoms in total. The van der Waals surface area contributed by atoms with Gasteiger partial charge in [0.05, 0.1) is 9.79 Å². The zero-order chi connectivity index (χ0) is 31.9. The summed E-state index contributed by atoms with van der Waals surface area (Å²) in [5.41, 5.74) is 3.38. The Hall–Kier alpha value is -3.51. The fraction of sp³-hybridized carbons (Fsp3) is 0.138. The van der Waals surface area contributed by atoms with Crippen LogP contribution in [-0.2, 0) is 20.2 Å². The van der Waals surface area contributed by atoms with Crippen molar-refractivity contribution in [2.45, 2.75) is 33.2 Å². The van der Waals surface area contributed by atoms with Gasteiger partial charge in [-0.15, -0.1) is 0 Å². The summed E-state index contributed by atoms with van der Waals surface area (Å²) in [5, 5.41) is 10.7. The van der Waals surface area contributed by atoms with Crippen molar-refractivity contribution < 1.29 is 40.4 Å². The fourth-order valence-corrected chi connectivity index (χ4v) is 6.61. The molecule has 0 aromatic heterocycles. The van der Waals surface area contributed by atoms with Gasteiger partial charge in [-0.2, -0.15) is 16.8 Å². The first-order valence-electron chi connectivity index (χ1n) is 12.5. The number of nitrogens with zero attached hydrogens (tertiary/aromatic N) is 1. The van der Waals surface area contributed by atoms with Crippen LogP contribution in [0.25, 0.3) is 0 Å². The van der Waals surface area contributed by atoms with Gasteiger partial charge in [-0.3, -0.25) is 9.11 Å². The maximum absolute atomic E-state index is 12.4. The molecule has 1 aliphatic heterocycles. The van der Waals surface area contributed by atoms with E-state index in [1.165, 1.54) is 36.4 Å². The van der Waals surface area contributed by atoms with Crippen molar-refractivity contribution >= 4 is 57.5 Å². The van der Waals surface area contributed by atoms with E-state index >= 15 is 0 Å². The van der Waals surface area contributed by atoms with Gasteiger partial charge in [0.2, 0.25) is 0 Å². The van der Waals surface area contributed by atoms with E-state index in [4.69, 9.17) is 13.8 Å². The predicted octanol–water partition coefficient (Wildman–Crippen LogP) is 5.35. The average Bonchev–Trinajstić information content (AvgIpc) is 2.95. The Morgan fingerprint density at radius 2 is 1.19 bits per heavy atom. The molecule has 14 heteroatoms. The number of fused-ring (bicyclic) bond motifs is 1. The Morgan fingerprint density at radius 3 is 1.60 bits per heavy atom. The number of carbonyl (C=O) groups excluding carboxylic acids is 1. The number of ether oxygens (including phenoxy) is 1. The van der Waals surface area contributed by atoms with Crippen LogP contribution in [-0.4, -0.2) is 62.4 Å². The Morgan fingerprint density at radius 1 is 0.744 bits per heavy atom. The molecule has 0 fully saturated rings. The van der Waals surface area contributed by atoms with Crippen molar-refractivity contribution in [2.24, 2.45) is 0 Å². The summed E-state index contributed by atoms with van der Waals surface area (Å²) in [6.45, 7) is 3.68. The van der Waals surface area contributed by atoms with E-state index in [2.05, 4.69) is 0 Å². The monoisotopic (exact) mass is 817 g/mol. The number of benzene rings is 4. The van der Waals surface area contributed by atoms with Crippen LogP contribution in [0.15, 0.2) is 107 Å². The molecule has 0 aliphatic carbocycles. The van der Waals surface area contributed by atoms with Crippen molar-refractivity contribution in [1.82, 2.24) is 0 Å². The van der Waals surface area contributed by atoms with Crippen LogP contribution in [0.1, 0.15) is 33.2 Å². The van der Waals surface area contributed by atoms with Crippen molar-refractivity contribution in [3.8, 4) is 5.75 Å². The van der Waals surface area contributed by atoms with Crippen molar-refractivity contribution in [2.75, 3.05) is 0 Å². The number of hydrogen-bond acceptors (Lipinski definition) is 8. The number of hydrogen-bond donors (Lipinski definition) is 2. The normalized spacial score (nSPS) is 15.8. The second kappa shape index (κ2) is 14.3. The summed E-state index contributed by atoms with van der Waals surface area (Å²) in [7, 11) is -8.04. The van der Waals surface area contributed by atoms with Crippen molar-refractivity contribution in [3.05, 3.63) is 129 Å². The molecule has 5 rings (SSSR count).